The minimum Gasteiger partial charge on any atom is -0.493 e. The van der Waals surface area contributed by atoms with Crippen molar-refractivity contribution in [2.75, 3.05) is 14.2 Å². The molecular weight excluding hydrogens is 316 g/mol. The first-order valence-corrected chi connectivity index (χ1v) is 7.34. The van der Waals surface area contributed by atoms with Crippen LogP contribution in [0.4, 0.5) is 0 Å². The first-order chi connectivity index (χ1) is 8.49. The molecule has 0 saturated heterocycles. The highest BCUT2D eigenvalue weighted by Crippen LogP contribution is 2.40. The summed E-state index contributed by atoms with van der Waals surface area (Å²) < 4.78 is 10.5. The molecule has 0 spiro atoms. The summed E-state index contributed by atoms with van der Waals surface area (Å²) in [6.45, 7) is 4.44. The standard InChI is InChI=1S/C14H20BrClO2/c1-9(2)5-6-11(15)10-7-13(17-3)14(18-4)8-12(10)16/h7-9,11H,5-6H2,1-4H3. The molecule has 1 rings (SSSR count). The maximum atomic E-state index is 6.28. The van der Waals surface area contributed by atoms with Crippen LogP contribution in [0.5, 0.6) is 11.5 Å². The molecule has 4 heteroatoms. The van der Waals surface area contributed by atoms with Gasteiger partial charge < -0.3 is 9.47 Å². The Morgan fingerprint density at radius 3 is 2.17 bits per heavy atom. The van der Waals surface area contributed by atoms with E-state index in [1.54, 1.807) is 20.3 Å². The number of halogens is 2. The van der Waals surface area contributed by atoms with Crippen LogP contribution in [-0.2, 0) is 0 Å². The third kappa shape index (κ3) is 4.06. The van der Waals surface area contributed by atoms with Crippen molar-refractivity contribution in [3.63, 3.8) is 0 Å². The van der Waals surface area contributed by atoms with Gasteiger partial charge in [0.25, 0.3) is 0 Å². The Hall–Kier alpha value is -0.410. The predicted octanol–water partition coefficient (Wildman–Crippen LogP) is 5.23. The van der Waals surface area contributed by atoms with Crippen molar-refractivity contribution >= 4 is 27.5 Å². The fourth-order valence-electron chi connectivity index (χ4n) is 1.75. The molecule has 0 aromatic heterocycles. The topological polar surface area (TPSA) is 18.5 Å². The highest BCUT2D eigenvalue weighted by atomic mass is 79.9. The first kappa shape index (κ1) is 15.6. The van der Waals surface area contributed by atoms with Gasteiger partial charge in [0.1, 0.15) is 0 Å². The van der Waals surface area contributed by atoms with Crippen LogP contribution in [0.1, 0.15) is 37.1 Å². The van der Waals surface area contributed by atoms with Gasteiger partial charge in [0.2, 0.25) is 0 Å². The molecule has 0 aliphatic heterocycles. The van der Waals surface area contributed by atoms with E-state index in [1.807, 2.05) is 6.07 Å². The van der Waals surface area contributed by atoms with Crippen molar-refractivity contribution in [1.82, 2.24) is 0 Å². The van der Waals surface area contributed by atoms with E-state index in [2.05, 4.69) is 29.8 Å². The second-order valence-electron chi connectivity index (χ2n) is 4.67. The van der Waals surface area contributed by atoms with E-state index < -0.39 is 0 Å². The fraction of sp³-hybridized carbons (Fsp3) is 0.571. The minimum absolute atomic E-state index is 0.243. The van der Waals surface area contributed by atoms with E-state index in [9.17, 15) is 0 Å². The number of ether oxygens (including phenoxy) is 2. The second kappa shape index (κ2) is 7.25. The highest BCUT2D eigenvalue weighted by molar-refractivity contribution is 9.09. The monoisotopic (exact) mass is 334 g/mol. The molecule has 1 aromatic rings. The molecule has 0 amide bonds. The lowest BCUT2D eigenvalue weighted by atomic mass is 10.0. The van der Waals surface area contributed by atoms with Gasteiger partial charge in [-0.3, -0.25) is 0 Å². The van der Waals surface area contributed by atoms with E-state index in [0.717, 1.165) is 18.4 Å². The molecule has 0 bridgehead atoms. The zero-order chi connectivity index (χ0) is 13.7. The van der Waals surface area contributed by atoms with Crippen molar-refractivity contribution in [2.24, 2.45) is 5.92 Å². The zero-order valence-corrected chi connectivity index (χ0v) is 13.6. The number of rotatable bonds is 6. The van der Waals surface area contributed by atoms with Crippen LogP contribution in [0.25, 0.3) is 0 Å². The molecule has 0 N–H and O–H groups in total. The van der Waals surface area contributed by atoms with Gasteiger partial charge in [-0.05, 0) is 30.4 Å². The number of benzene rings is 1. The van der Waals surface area contributed by atoms with E-state index in [0.29, 0.717) is 22.4 Å². The molecule has 0 aliphatic rings. The van der Waals surface area contributed by atoms with Gasteiger partial charge in [-0.2, -0.15) is 0 Å². The second-order valence-corrected chi connectivity index (χ2v) is 6.18. The van der Waals surface area contributed by atoms with Gasteiger partial charge in [0, 0.05) is 15.9 Å². The lowest BCUT2D eigenvalue weighted by molar-refractivity contribution is 0.354. The Bertz CT molecular complexity index is 394. The van der Waals surface area contributed by atoms with Gasteiger partial charge in [-0.15, -0.1) is 0 Å². The third-order valence-electron chi connectivity index (χ3n) is 2.84. The zero-order valence-electron chi connectivity index (χ0n) is 11.3. The summed E-state index contributed by atoms with van der Waals surface area (Å²) in [4.78, 5) is 0.243. The highest BCUT2D eigenvalue weighted by Gasteiger charge is 2.16. The van der Waals surface area contributed by atoms with Crippen LogP contribution in [0.15, 0.2) is 12.1 Å². The van der Waals surface area contributed by atoms with E-state index in [-0.39, 0.29) is 4.83 Å². The molecule has 102 valence electrons. The first-order valence-electron chi connectivity index (χ1n) is 6.05. The average molecular weight is 336 g/mol. The largest absolute Gasteiger partial charge is 0.493 e. The Morgan fingerprint density at radius 2 is 1.67 bits per heavy atom. The molecule has 0 heterocycles. The summed E-state index contributed by atoms with van der Waals surface area (Å²) in [5.41, 5.74) is 1.05. The minimum atomic E-state index is 0.243. The summed E-state index contributed by atoms with van der Waals surface area (Å²) in [5, 5.41) is 0.707. The van der Waals surface area contributed by atoms with Gasteiger partial charge in [-0.1, -0.05) is 41.4 Å². The Balaban J connectivity index is 2.94. The van der Waals surface area contributed by atoms with Crippen LogP contribution in [0.2, 0.25) is 5.02 Å². The number of methoxy groups -OCH3 is 2. The predicted molar refractivity (Wildman–Crippen MR) is 80.3 cm³/mol. The number of alkyl halides is 1. The molecule has 0 saturated carbocycles. The Morgan fingerprint density at radius 1 is 1.11 bits per heavy atom. The Kier molecular flexibility index (Phi) is 6.30. The molecule has 1 aromatic carbocycles. The molecule has 18 heavy (non-hydrogen) atoms. The molecule has 2 nitrogen and oxygen atoms in total. The molecule has 0 radical (unpaired) electrons. The lowest BCUT2D eigenvalue weighted by Gasteiger charge is -2.16. The summed E-state index contributed by atoms with van der Waals surface area (Å²) in [5.74, 6) is 2.06. The molecular formula is C14H20BrClO2. The smallest absolute Gasteiger partial charge is 0.162 e. The third-order valence-corrected chi connectivity index (χ3v) is 4.12. The van der Waals surface area contributed by atoms with Crippen LogP contribution >= 0.6 is 27.5 Å². The quantitative estimate of drug-likeness (QED) is 0.663. The summed E-state index contributed by atoms with van der Waals surface area (Å²) in [6, 6.07) is 3.75. The van der Waals surface area contributed by atoms with Gasteiger partial charge in [0.15, 0.2) is 11.5 Å². The maximum absolute atomic E-state index is 6.28. The van der Waals surface area contributed by atoms with Crippen LogP contribution in [-0.4, -0.2) is 14.2 Å². The van der Waals surface area contributed by atoms with E-state index >= 15 is 0 Å². The van der Waals surface area contributed by atoms with Crippen molar-refractivity contribution in [2.45, 2.75) is 31.5 Å². The normalized spacial score (nSPS) is 12.6. The van der Waals surface area contributed by atoms with Crippen LogP contribution in [0.3, 0.4) is 0 Å². The van der Waals surface area contributed by atoms with E-state index in [1.165, 1.54) is 0 Å². The molecule has 0 aliphatic carbocycles. The van der Waals surface area contributed by atoms with Crippen molar-refractivity contribution < 1.29 is 9.47 Å². The molecule has 1 unspecified atom stereocenters. The maximum Gasteiger partial charge on any atom is 0.162 e. The van der Waals surface area contributed by atoms with Gasteiger partial charge in [0.05, 0.1) is 14.2 Å². The van der Waals surface area contributed by atoms with Crippen molar-refractivity contribution in [3.05, 3.63) is 22.7 Å². The summed E-state index contributed by atoms with van der Waals surface area (Å²) in [7, 11) is 3.24. The lowest BCUT2D eigenvalue weighted by Crippen LogP contribution is -1.98. The number of hydrogen-bond acceptors (Lipinski definition) is 2. The molecule has 0 fully saturated rings. The van der Waals surface area contributed by atoms with Gasteiger partial charge in [-0.25, -0.2) is 0 Å². The molecule has 1 atom stereocenters. The van der Waals surface area contributed by atoms with Crippen molar-refractivity contribution in [3.8, 4) is 11.5 Å². The van der Waals surface area contributed by atoms with Gasteiger partial charge >= 0.3 is 0 Å². The summed E-state index contributed by atoms with van der Waals surface area (Å²) >= 11 is 9.98. The van der Waals surface area contributed by atoms with Crippen molar-refractivity contribution in [1.29, 1.82) is 0 Å². The number of hydrogen-bond donors (Lipinski definition) is 0. The van der Waals surface area contributed by atoms with Crippen LogP contribution < -0.4 is 9.47 Å². The fourth-order valence-corrected chi connectivity index (χ4v) is 2.81. The van der Waals surface area contributed by atoms with Crippen LogP contribution in [0, 0.1) is 5.92 Å². The Labute approximate surface area is 123 Å². The summed E-state index contributed by atoms with van der Waals surface area (Å²) in [6.07, 6.45) is 2.20. The SMILES string of the molecule is COc1cc(Cl)c(C(Br)CCC(C)C)cc1OC. The average Bonchev–Trinajstić information content (AvgIpc) is 2.35. The van der Waals surface area contributed by atoms with E-state index in [4.69, 9.17) is 21.1 Å².